The molecule has 0 amide bonds. The summed E-state index contributed by atoms with van der Waals surface area (Å²) in [4.78, 5) is 20.2. The third-order valence-corrected chi connectivity index (χ3v) is 7.08. The number of fused-ring (bicyclic) bond motifs is 5. The van der Waals surface area contributed by atoms with Crippen LogP contribution in [-0.4, -0.2) is 67.4 Å². The maximum Gasteiger partial charge on any atom is 0.276 e. The lowest BCUT2D eigenvalue weighted by molar-refractivity contribution is 0.195. The van der Waals surface area contributed by atoms with E-state index in [1.807, 2.05) is 0 Å². The first kappa shape index (κ1) is 18.8. The summed E-state index contributed by atoms with van der Waals surface area (Å²) in [5.74, 6) is -1.22. The molecule has 4 heterocycles. The highest BCUT2D eigenvalue weighted by Gasteiger charge is 2.42. The summed E-state index contributed by atoms with van der Waals surface area (Å²) in [7, 11) is 3.69. The second-order valence-corrected chi connectivity index (χ2v) is 8.81. The van der Waals surface area contributed by atoms with Crippen LogP contribution in [0.5, 0.6) is 0 Å². The Hall–Kier alpha value is -2.19. The van der Waals surface area contributed by atoms with Crippen molar-refractivity contribution in [3.63, 3.8) is 0 Å². The molecule has 0 saturated carbocycles. The van der Waals surface area contributed by atoms with Gasteiger partial charge in [-0.3, -0.25) is 9.69 Å². The van der Waals surface area contributed by atoms with Gasteiger partial charge in [0, 0.05) is 56.8 Å². The summed E-state index contributed by atoms with van der Waals surface area (Å²) in [6, 6.07) is 2.10. The molecule has 8 heteroatoms. The minimum Gasteiger partial charge on any atom is -0.362 e. The summed E-state index contributed by atoms with van der Waals surface area (Å²) in [6.07, 6.45) is 0. The van der Waals surface area contributed by atoms with E-state index < -0.39 is 11.6 Å². The Morgan fingerprint density at radius 3 is 2.38 bits per heavy atom. The third-order valence-electron chi connectivity index (χ3n) is 7.08. The van der Waals surface area contributed by atoms with E-state index in [1.54, 1.807) is 7.05 Å². The number of nitrogens with one attached hydrogen (secondary N) is 1. The molecule has 2 saturated heterocycles. The van der Waals surface area contributed by atoms with Crippen molar-refractivity contribution in [2.24, 2.45) is 7.05 Å². The first-order valence-electron chi connectivity index (χ1n) is 10.2. The van der Waals surface area contributed by atoms with Gasteiger partial charge in [-0.1, -0.05) is 0 Å². The van der Waals surface area contributed by atoms with E-state index in [0.717, 1.165) is 32.7 Å². The molecule has 2 atom stereocenters. The number of benzene rings is 1. The van der Waals surface area contributed by atoms with Crippen LogP contribution in [0.15, 0.2) is 10.9 Å². The van der Waals surface area contributed by atoms with Crippen molar-refractivity contribution in [2.75, 3.05) is 49.6 Å². The molecule has 0 bridgehead atoms. The monoisotopic (exact) mass is 403 g/mol. The molecule has 2 unspecified atom stereocenters. The van der Waals surface area contributed by atoms with E-state index in [0.29, 0.717) is 16.8 Å². The quantitative estimate of drug-likeness (QED) is 0.781. The Bertz CT molecular complexity index is 1060. The van der Waals surface area contributed by atoms with Gasteiger partial charge in [-0.2, -0.15) is 0 Å². The highest BCUT2D eigenvalue weighted by atomic mass is 19.1. The van der Waals surface area contributed by atoms with Crippen LogP contribution in [0.3, 0.4) is 0 Å². The third kappa shape index (κ3) is 2.55. The molecule has 3 aliphatic heterocycles. The molecule has 3 aliphatic rings. The molecule has 29 heavy (non-hydrogen) atoms. The van der Waals surface area contributed by atoms with Crippen LogP contribution in [0.4, 0.5) is 20.2 Å². The normalized spacial score (nSPS) is 25.2. The van der Waals surface area contributed by atoms with Gasteiger partial charge in [0.2, 0.25) is 0 Å². The van der Waals surface area contributed by atoms with Crippen LogP contribution in [0.25, 0.3) is 10.9 Å². The molecular formula is C21H27F2N5O. The van der Waals surface area contributed by atoms with E-state index in [1.165, 1.54) is 17.6 Å². The van der Waals surface area contributed by atoms with Crippen molar-refractivity contribution in [1.82, 2.24) is 14.8 Å². The van der Waals surface area contributed by atoms with Gasteiger partial charge in [-0.05, 0) is 27.0 Å². The average molecular weight is 403 g/mol. The van der Waals surface area contributed by atoms with Gasteiger partial charge < -0.3 is 19.7 Å². The van der Waals surface area contributed by atoms with E-state index in [9.17, 15) is 9.18 Å². The van der Waals surface area contributed by atoms with Crippen molar-refractivity contribution < 1.29 is 8.78 Å². The SMILES string of the molecule is Cc1c(F)cc2c3c(c(=O)n(C)c2c1F)N(C1CNC1)CC1CN(C)C(C)CN31. The van der Waals surface area contributed by atoms with Crippen molar-refractivity contribution in [3.05, 3.63) is 33.6 Å². The van der Waals surface area contributed by atoms with Gasteiger partial charge in [-0.15, -0.1) is 0 Å². The van der Waals surface area contributed by atoms with Crippen molar-refractivity contribution in [2.45, 2.75) is 32.0 Å². The number of pyridine rings is 1. The average Bonchev–Trinajstić information content (AvgIpc) is 2.63. The molecule has 0 aliphatic carbocycles. The maximum absolute atomic E-state index is 15.1. The minimum absolute atomic E-state index is 0.0494. The fraction of sp³-hybridized carbons (Fsp3) is 0.571. The van der Waals surface area contributed by atoms with E-state index in [-0.39, 0.29) is 34.8 Å². The smallest absolute Gasteiger partial charge is 0.276 e. The summed E-state index contributed by atoms with van der Waals surface area (Å²) < 4.78 is 31.1. The molecule has 1 N–H and O–H groups in total. The summed E-state index contributed by atoms with van der Waals surface area (Å²) >= 11 is 0. The largest absolute Gasteiger partial charge is 0.362 e. The number of piperazine rings is 1. The number of halogens is 2. The Labute approximate surface area is 168 Å². The molecule has 2 fully saturated rings. The molecule has 2 aromatic rings. The topological polar surface area (TPSA) is 43.8 Å². The number of nitrogens with zero attached hydrogens (tertiary/aromatic N) is 4. The van der Waals surface area contributed by atoms with Crippen LogP contribution in [-0.2, 0) is 7.05 Å². The van der Waals surface area contributed by atoms with E-state index >= 15 is 4.39 Å². The molecular weight excluding hydrogens is 376 g/mol. The van der Waals surface area contributed by atoms with Crippen LogP contribution in [0, 0.1) is 18.6 Å². The molecule has 1 aromatic heterocycles. The zero-order valence-electron chi connectivity index (χ0n) is 17.3. The van der Waals surface area contributed by atoms with Crippen LogP contribution in [0.2, 0.25) is 0 Å². The van der Waals surface area contributed by atoms with Gasteiger partial charge >= 0.3 is 0 Å². The lowest BCUT2D eigenvalue weighted by atomic mass is 9.96. The van der Waals surface area contributed by atoms with Crippen molar-refractivity contribution in [1.29, 1.82) is 0 Å². The predicted molar refractivity (Wildman–Crippen MR) is 111 cm³/mol. The van der Waals surface area contributed by atoms with Gasteiger partial charge in [0.15, 0.2) is 5.82 Å². The molecule has 1 aromatic carbocycles. The predicted octanol–water partition coefficient (Wildman–Crippen LogP) is 1.43. The fourth-order valence-corrected chi connectivity index (χ4v) is 5.01. The Kier molecular flexibility index (Phi) is 4.15. The van der Waals surface area contributed by atoms with Gasteiger partial charge in [0.25, 0.3) is 5.56 Å². The molecule has 156 valence electrons. The van der Waals surface area contributed by atoms with Gasteiger partial charge in [-0.25, -0.2) is 8.78 Å². The number of likely N-dealkylation sites (N-methyl/N-ethyl adjacent to an activating group) is 1. The van der Waals surface area contributed by atoms with Gasteiger partial charge in [0.05, 0.1) is 23.3 Å². The molecule has 0 spiro atoms. The number of anilines is 2. The number of aryl methyl sites for hydroxylation is 1. The molecule has 0 radical (unpaired) electrons. The fourth-order valence-electron chi connectivity index (χ4n) is 5.01. The highest BCUT2D eigenvalue weighted by Crippen LogP contribution is 2.42. The van der Waals surface area contributed by atoms with E-state index in [4.69, 9.17) is 0 Å². The zero-order valence-corrected chi connectivity index (χ0v) is 17.3. The first-order chi connectivity index (χ1) is 13.8. The summed E-state index contributed by atoms with van der Waals surface area (Å²) in [5.41, 5.74) is 1.21. The highest BCUT2D eigenvalue weighted by molar-refractivity contribution is 6.00. The standard InChI is InChI=1S/C21H27F2N5O/c1-11-8-27-14(9-25(11)3)10-28(13-6-24-7-13)20-19(27)15-5-16(22)12(2)17(23)18(15)26(4)21(20)29/h5,11,13-14,24H,6-10H2,1-4H3. The summed E-state index contributed by atoms with van der Waals surface area (Å²) in [5, 5.41) is 3.77. The first-order valence-corrected chi connectivity index (χ1v) is 10.2. The number of hydrogen-bond donors (Lipinski definition) is 1. The molecule has 6 nitrogen and oxygen atoms in total. The Morgan fingerprint density at radius 1 is 1.03 bits per heavy atom. The number of aromatic nitrogens is 1. The van der Waals surface area contributed by atoms with Crippen molar-refractivity contribution >= 4 is 22.3 Å². The Morgan fingerprint density at radius 2 is 1.72 bits per heavy atom. The second-order valence-electron chi connectivity index (χ2n) is 8.81. The summed E-state index contributed by atoms with van der Waals surface area (Å²) in [6.45, 7) is 7.52. The lowest BCUT2D eigenvalue weighted by Gasteiger charge is -2.54. The zero-order chi connectivity index (χ0) is 20.6. The van der Waals surface area contributed by atoms with Crippen LogP contribution < -0.4 is 20.7 Å². The number of rotatable bonds is 1. The lowest BCUT2D eigenvalue weighted by Crippen LogP contribution is -2.67. The maximum atomic E-state index is 15.1. The minimum atomic E-state index is -0.649. The number of hydrogen-bond acceptors (Lipinski definition) is 5. The second kappa shape index (κ2) is 6.40. The van der Waals surface area contributed by atoms with Gasteiger partial charge in [0.1, 0.15) is 11.5 Å². The van der Waals surface area contributed by atoms with E-state index in [2.05, 4.69) is 34.0 Å². The van der Waals surface area contributed by atoms with Crippen LogP contribution in [0.1, 0.15) is 12.5 Å². The Balaban J connectivity index is 1.85. The van der Waals surface area contributed by atoms with Crippen molar-refractivity contribution in [3.8, 4) is 0 Å². The van der Waals surface area contributed by atoms with Crippen LogP contribution >= 0.6 is 0 Å². The molecule has 5 rings (SSSR count).